The van der Waals surface area contributed by atoms with E-state index in [1.54, 1.807) is 18.2 Å². The Labute approximate surface area is 129 Å². The summed E-state index contributed by atoms with van der Waals surface area (Å²) < 4.78 is 10.5. The summed E-state index contributed by atoms with van der Waals surface area (Å²) in [5.41, 5.74) is 9.45. The molecule has 2 aromatic carbocycles. The Balaban J connectivity index is 1.57. The summed E-state index contributed by atoms with van der Waals surface area (Å²) in [5, 5.41) is 2.86. The van der Waals surface area contributed by atoms with Crippen molar-refractivity contribution in [1.82, 2.24) is 0 Å². The van der Waals surface area contributed by atoms with Crippen LogP contribution in [0.3, 0.4) is 0 Å². The van der Waals surface area contributed by atoms with Crippen LogP contribution >= 0.6 is 0 Å². The third-order valence-corrected chi connectivity index (χ3v) is 3.64. The number of hydrogen-bond acceptors (Lipinski definition) is 4. The number of benzene rings is 2. The molecule has 0 saturated carbocycles. The standard InChI is InChI=1S/C17H18N2O3/c1-11-2-3-12(8-14(11)18)4-7-17(20)19-13-5-6-15-16(9-13)22-10-21-15/h2-3,5-6,8-9H,4,7,10,18H2,1H3,(H,19,20). The van der Waals surface area contributed by atoms with Crippen molar-refractivity contribution in [1.29, 1.82) is 0 Å². The number of aryl methyl sites for hydroxylation is 2. The zero-order valence-corrected chi connectivity index (χ0v) is 12.4. The Bertz CT molecular complexity index is 713. The van der Waals surface area contributed by atoms with E-state index >= 15 is 0 Å². The van der Waals surface area contributed by atoms with E-state index in [0.717, 1.165) is 16.8 Å². The van der Waals surface area contributed by atoms with Crippen molar-refractivity contribution in [3.63, 3.8) is 0 Å². The first-order chi connectivity index (χ1) is 10.6. The molecule has 0 fully saturated rings. The Morgan fingerprint density at radius 3 is 2.82 bits per heavy atom. The monoisotopic (exact) mass is 298 g/mol. The van der Waals surface area contributed by atoms with E-state index in [0.29, 0.717) is 30.0 Å². The quantitative estimate of drug-likeness (QED) is 0.851. The lowest BCUT2D eigenvalue weighted by Crippen LogP contribution is -2.12. The number of nitrogens with one attached hydrogen (secondary N) is 1. The summed E-state index contributed by atoms with van der Waals surface area (Å²) in [5.74, 6) is 1.32. The van der Waals surface area contributed by atoms with E-state index in [4.69, 9.17) is 15.2 Å². The van der Waals surface area contributed by atoms with Gasteiger partial charge in [0.2, 0.25) is 12.7 Å². The Hall–Kier alpha value is -2.69. The topological polar surface area (TPSA) is 73.6 Å². The highest BCUT2D eigenvalue weighted by molar-refractivity contribution is 5.91. The maximum atomic E-state index is 12.0. The van der Waals surface area contributed by atoms with E-state index < -0.39 is 0 Å². The molecule has 22 heavy (non-hydrogen) atoms. The summed E-state index contributed by atoms with van der Waals surface area (Å²) >= 11 is 0. The van der Waals surface area contributed by atoms with Gasteiger partial charge in [0.25, 0.3) is 0 Å². The number of carbonyl (C=O) groups excluding carboxylic acids is 1. The number of rotatable bonds is 4. The fourth-order valence-electron chi connectivity index (χ4n) is 2.30. The molecule has 0 bridgehead atoms. The van der Waals surface area contributed by atoms with E-state index in [9.17, 15) is 4.79 Å². The number of nitrogen functional groups attached to an aromatic ring is 1. The molecular weight excluding hydrogens is 280 g/mol. The van der Waals surface area contributed by atoms with Gasteiger partial charge in [0, 0.05) is 23.9 Å². The first-order valence-electron chi connectivity index (χ1n) is 7.16. The van der Waals surface area contributed by atoms with Gasteiger partial charge in [-0.1, -0.05) is 12.1 Å². The average molecular weight is 298 g/mol. The van der Waals surface area contributed by atoms with Gasteiger partial charge in [-0.15, -0.1) is 0 Å². The minimum Gasteiger partial charge on any atom is -0.454 e. The largest absolute Gasteiger partial charge is 0.454 e. The van der Waals surface area contributed by atoms with E-state index in [1.807, 2.05) is 25.1 Å². The van der Waals surface area contributed by atoms with Crippen molar-refractivity contribution in [2.24, 2.45) is 0 Å². The molecule has 1 heterocycles. The molecule has 3 rings (SSSR count). The molecule has 1 aliphatic rings. The van der Waals surface area contributed by atoms with Crippen molar-refractivity contribution in [2.75, 3.05) is 17.8 Å². The molecule has 0 atom stereocenters. The normalized spacial score (nSPS) is 12.2. The number of hydrogen-bond donors (Lipinski definition) is 2. The van der Waals surface area contributed by atoms with Crippen molar-refractivity contribution in [2.45, 2.75) is 19.8 Å². The zero-order valence-electron chi connectivity index (χ0n) is 12.4. The van der Waals surface area contributed by atoms with Crippen LogP contribution in [0.15, 0.2) is 36.4 Å². The van der Waals surface area contributed by atoms with Gasteiger partial charge in [-0.2, -0.15) is 0 Å². The van der Waals surface area contributed by atoms with E-state index in [-0.39, 0.29) is 12.7 Å². The smallest absolute Gasteiger partial charge is 0.231 e. The first kappa shape index (κ1) is 14.3. The highest BCUT2D eigenvalue weighted by Crippen LogP contribution is 2.34. The molecule has 1 aliphatic heterocycles. The van der Waals surface area contributed by atoms with Crippen LogP contribution in [0.25, 0.3) is 0 Å². The van der Waals surface area contributed by atoms with Gasteiger partial charge in [0.15, 0.2) is 11.5 Å². The number of ether oxygens (including phenoxy) is 2. The first-order valence-corrected chi connectivity index (χ1v) is 7.16. The number of nitrogens with two attached hydrogens (primary N) is 1. The third kappa shape index (κ3) is 3.14. The molecule has 3 N–H and O–H groups in total. The number of anilines is 2. The molecule has 0 spiro atoms. The predicted octanol–water partition coefficient (Wildman–Crippen LogP) is 2.88. The maximum Gasteiger partial charge on any atom is 0.231 e. The van der Waals surface area contributed by atoms with Crippen molar-refractivity contribution in [3.05, 3.63) is 47.5 Å². The van der Waals surface area contributed by atoms with Crippen LogP contribution in [0.2, 0.25) is 0 Å². The Morgan fingerprint density at radius 1 is 1.18 bits per heavy atom. The summed E-state index contributed by atoms with van der Waals surface area (Å²) in [7, 11) is 0. The predicted molar refractivity (Wildman–Crippen MR) is 85.1 cm³/mol. The van der Waals surface area contributed by atoms with Gasteiger partial charge in [-0.3, -0.25) is 4.79 Å². The SMILES string of the molecule is Cc1ccc(CCC(=O)Nc2ccc3c(c2)OCO3)cc1N. The van der Waals surface area contributed by atoms with Gasteiger partial charge in [0.05, 0.1) is 0 Å². The second-order valence-corrected chi connectivity index (χ2v) is 5.31. The zero-order chi connectivity index (χ0) is 15.5. The van der Waals surface area contributed by atoms with Crippen LogP contribution in [0.4, 0.5) is 11.4 Å². The van der Waals surface area contributed by atoms with E-state index in [2.05, 4.69) is 5.32 Å². The molecular formula is C17H18N2O3. The summed E-state index contributed by atoms with van der Waals surface area (Å²) in [6, 6.07) is 11.3. The molecule has 0 radical (unpaired) electrons. The lowest BCUT2D eigenvalue weighted by molar-refractivity contribution is -0.116. The van der Waals surface area contributed by atoms with Crippen molar-refractivity contribution >= 4 is 17.3 Å². The van der Waals surface area contributed by atoms with Gasteiger partial charge in [-0.05, 0) is 42.7 Å². The fourth-order valence-corrected chi connectivity index (χ4v) is 2.30. The molecule has 5 nitrogen and oxygen atoms in total. The third-order valence-electron chi connectivity index (χ3n) is 3.64. The lowest BCUT2D eigenvalue weighted by Gasteiger charge is -2.07. The molecule has 5 heteroatoms. The van der Waals surface area contributed by atoms with Crippen molar-refractivity contribution < 1.29 is 14.3 Å². The molecule has 0 unspecified atom stereocenters. The van der Waals surface area contributed by atoms with Crippen LogP contribution in [0.5, 0.6) is 11.5 Å². The van der Waals surface area contributed by atoms with Crippen LogP contribution in [-0.2, 0) is 11.2 Å². The summed E-state index contributed by atoms with van der Waals surface area (Å²) in [6.45, 7) is 2.19. The Kier molecular flexibility index (Phi) is 3.87. The van der Waals surface area contributed by atoms with Crippen molar-refractivity contribution in [3.8, 4) is 11.5 Å². The molecule has 1 amide bonds. The van der Waals surface area contributed by atoms with E-state index in [1.165, 1.54) is 0 Å². The minimum absolute atomic E-state index is 0.0435. The van der Waals surface area contributed by atoms with Gasteiger partial charge < -0.3 is 20.5 Å². The van der Waals surface area contributed by atoms with Gasteiger partial charge in [-0.25, -0.2) is 0 Å². The number of carbonyl (C=O) groups is 1. The van der Waals surface area contributed by atoms with Crippen LogP contribution in [-0.4, -0.2) is 12.7 Å². The second-order valence-electron chi connectivity index (χ2n) is 5.31. The second kappa shape index (κ2) is 5.97. The number of fused-ring (bicyclic) bond motifs is 1. The summed E-state index contributed by atoms with van der Waals surface area (Å²) in [4.78, 5) is 12.0. The molecule has 2 aromatic rings. The highest BCUT2D eigenvalue weighted by Gasteiger charge is 2.14. The highest BCUT2D eigenvalue weighted by atomic mass is 16.7. The summed E-state index contributed by atoms with van der Waals surface area (Å²) in [6.07, 6.45) is 1.05. The molecule has 0 saturated heterocycles. The fraction of sp³-hybridized carbons (Fsp3) is 0.235. The van der Waals surface area contributed by atoms with Crippen LogP contribution in [0.1, 0.15) is 17.5 Å². The average Bonchev–Trinajstić information content (AvgIpc) is 2.96. The van der Waals surface area contributed by atoms with Gasteiger partial charge in [0.1, 0.15) is 0 Å². The lowest BCUT2D eigenvalue weighted by atomic mass is 10.1. The molecule has 0 aliphatic carbocycles. The molecule has 114 valence electrons. The maximum absolute atomic E-state index is 12.0. The van der Waals surface area contributed by atoms with Crippen LogP contribution < -0.4 is 20.5 Å². The van der Waals surface area contributed by atoms with Crippen LogP contribution in [0, 0.1) is 6.92 Å². The number of amides is 1. The van der Waals surface area contributed by atoms with Gasteiger partial charge >= 0.3 is 0 Å². The molecule has 0 aromatic heterocycles. The Morgan fingerprint density at radius 2 is 2.00 bits per heavy atom. The minimum atomic E-state index is -0.0435.